The van der Waals surface area contributed by atoms with Crippen LogP contribution in [0.1, 0.15) is 0 Å². The molecular weight excluding hydrogens is 777 g/mol. The average molecular weight is 819 g/mol. The second-order valence-electron chi connectivity index (χ2n) is 16.4. The largest absolute Gasteiger partial charge is 0.309 e. The minimum absolute atomic E-state index is 1.12. The maximum absolute atomic E-state index is 2.84. The van der Waals surface area contributed by atoms with Crippen LogP contribution in [0.15, 0.2) is 255 Å². The van der Waals surface area contributed by atoms with Gasteiger partial charge in [-0.25, -0.2) is 0 Å². The van der Waals surface area contributed by atoms with E-state index in [0.717, 1.165) is 11.4 Å². The van der Waals surface area contributed by atoms with E-state index in [9.17, 15) is 0 Å². The highest BCUT2D eigenvalue weighted by molar-refractivity contribution is 7.20. The summed E-state index contributed by atoms with van der Waals surface area (Å²) in [5.41, 5.74) is 11.8. The van der Waals surface area contributed by atoms with E-state index in [1.807, 2.05) is 0 Å². The van der Waals surface area contributed by atoms with Crippen molar-refractivity contribution in [2.24, 2.45) is 0 Å². The number of rotatable bonds is 8. The van der Waals surface area contributed by atoms with Crippen molar-refractivity contribution < 1.29 is 0 Å². The molecule has 0 aliphatic rings. The molecule has 296 valence electrons. The molecule has 2 heterocycles. The number of para-hydroxylation sites is 2. The molecule has 10 aromatic carbocycles. The van der Waals surface area contributed by atoms with Crippen LogP contribution in [-0.2, 0) is 0 Å². The summed E-state index contributed by atoms with van der Waals surface area (Å²) in [6.45, 7) is 0. The number of hydrogen-bond acceptors (Lipinski definition) is 0. The second kappa shape index (κ2) is 15.2. The number of hydrogen-bond donors (Lipinski definition) is 0. The third-order valence-corrected chi connectivity index (χ3v) is 17.8. The molecule has 0 aliphatic heterocycles. The molecule has 0 saturated heterocycles. The van der Waals surface area contributed by atoms with Crippen molar-refractivity contribution in [1.82, 2.24) is 9.13 Å². The Morgan fingerprint density at radius 2 is 0.746 bits per heavy atom. The van der Waals surface area contributed by atoms with Gasteiger partial charge in [-0.05, 0) is 73.8 Å². The third-order valence-electron chi connectivity index (χ3n) is 13.1. The monoisotopic (exact) mass is 818 g/mol. The molecule has 0 radical (unpaired) electrons. The zero-order valence-corrected chi connectivity index (χ0v) is 35.6. The fourth-order valence-corrected chi connectivity index (χ4v) is 15.2. The summed E-state index contributed by atoms with van der Waals surface area (Å²) < 4.78 is 5.01. The topological polar surface area (TPSA) is 9.86 Å². The van der Waals surface area contributed by atoms with Crippen molar-refractivity contribution in [3.05, 3.63) is 255 Å². The summed E-state index contributed by atoms with van der Waals surface area (Å²) in [6, 6.07) is 94.3. The maximum atomic E-state index is 2.54. The molecule has 3 heteroatoms. The molecule has 0 atom stereocenters. The molecular formula is C60H42N2Si. The van der Waals surface area contributed by atoms with E-state index in [1.165, 1.54) is 86.6 Å². The van der Waals surface area contributed by atoms with Gasteiger partial charge in [-0.3, -0.25) is 0 Å². The minimum Gasteiger partial charge on any atom is -0.309 e. The number of nitrogens with zero attached hydrogens (tertiary/aromatic N) is 2. The van der Waals surface area contributed by atoms with Gasteiger partial charge >= 0.3 is 0 Å². The van der Waals surface area contributed by atoms with Gasteiger partial charge in [0.05, 0.1) is 27.8 Å². The van der Waals surface area contributed by atoms with Crippen molar-refractivity contribution >= 4 is 72.4 Å². The lowest BCUT2D eigenvalue weighted by molar-refractivity contribution is 1.16. The van der Waals surface area contributed by atoms with Gasteiger partial charge in [-0.1, -0.05) is 218 Å². The Balaban J connectivity index is 1.20. The van der Waals surface area contributed by atoms with Crippen LogP contribution < -0.4 is 20.7 Å². The molecule has 0 amide bonds. The molecule has 2 aromatic heterocycles. The average Bonchev–Trinajstić information content (AvgIpc) is 3.88. The van der Waals surface area contributed by atoms with Crippen molar-refractivity contribution in [2.45, 2.75) is 0 Å². The molecule has 0 N–H and O–H groups in total. The normalized spacial score (nSPS) is 11.8. The molecule has 0 unspecified atom stereocenters. The highest BCUT2D eigenvalue weighted by Crippen LogP contribution is 2.41. The molecule has 0 bridgehead atoms. The summed E-state index contributed by atoms with van der Waals surface area (Å²) in [7, 11) is -2.84. The SMILES string of the molecule is c1ccc(-c2ccccc2-n2c3ccccc3c3ccc(-n4c5cc([Si](c6ccccc6)(c6ccccc6)c6ccccc6)ccc5c5c(-c6ccccc6)cccc54)cc32)cc1. The van der Waals surface area contributed by atoms with Gasteiger partial charge in [0, 0.05) is 32.8 Å². The van der Waals surface area contributed by atoms with E-state index >= 15 is 0 Å². The van der Waals surface area contributed by atoms with E-state index in [-0.39, 0.29) is 0 Å². The molecule has 12 rings (SSSR count). The van der Waals surface area contributed by atoms with Gasteiger partial charge in [0.15, 0.2) is 8.07 Å². The van der Waals surface area contributed by atoms with Crippen molar-refractivity contribution in [3.8, 4) is 33.6 Å². The molecule has 63 heavy (non-hydrogen) atoms. The number of benzene rings is 10. The van der Waals surface area contributed by atoms with Gasteiger partial charge in [0.2, 0.25) is 0 Å². The standard InChI is InChI=1S/C60H42N2Si/c1-6-21-43(22-7-1)50-31-16-18-34-55(50)62-56-35-19-17-32-52(56)53-39-37-45(41-58(53)62)61-57-36-20-33-51(44-23-8-2-9-24-44)60(57)54-40-38-49(42-59(54)61)63(46-25-10-3-11-26-46,47-27-12-4-13-28-47)48-29-14-5-15-30-48/h1-42H. The molecule has 2 nitrogen and oxygen atoms in total. The lowest BCUT2D eigenvalue weighted by Gasteiger charge is -2.34. The van der Waals surface area contributed by atoms with Crippen LogP contribution in [0.4, 0.5) is 0 Å². The number of aromatic nitrogens is 2. The van der Waals surface area contributed by atoms with Crippen LogP contribution in [0.5, 0.6) is 0 Å². The second-order valence-corrected chi connectivity index (χ2v) is 20.2. The Kier molecular flexibility index (Phi) is 8.87. The summed E-state index contributed by atoms with van der Waals surface area (Å²) >= 11 is 0. The molecule has 12 aromatic rings. The highest BCUT2D eigenvalue weighted by Gasteiger charge is 2.41. The van der Waals surface area contributed by atoms with Gasteiger partial charge in [0.25, 0.3) is 0 Å². The first-order valence-electron chi connectivity index (χ1n) is 21.8. The maximum Gasteiger partial charge on any atom is 0.179 e. The molecule has 0 aliphatic carbocycles. The number of fused-ring (bicyclic) bond motifs is 6. The van der Waals surface area contributed by atoms with Crippen LogP contribution >= 0.6 is 0 Å². The van der Waals surface area contributed by atoms with Gasteiger partial charge in [0.1, 0.15) is 0 Å². The van der Waals surface area contributed by atoms with E-state index in [2.05, 4.69) is 264 Å². The fraction of sp³-hybridized carbons (Fsp3) is 0. The first-order chi connectivity index (χ1) is 31.3. The molecule has 0 saturated carbocycles. The Morgan fingerprint density at radius 3 is 1.40 bits per heavy atom. The van der Waals surface area contributed by atoms with Crippen LogP contribution in [0.25, 0.3) is 77.2 Å². The van der Waals surface area contributed by atoms with E-state index in [1.54, 1.807) is 0 Å². The van der Waals surface area contributed by atoms with E-state index in [4.69, 9.17) is 0 Å². The Morgan fingerprint density at radius 1 is 0.270 bits per heavy atom. The van der Waals surface area contributed by atoms with E-state index in [0.29, 0.717) is 0 Å². The van der Waals surface area contributed by atoms with Crippen molar-refractivity contribution in [3.63, 3.8) is 0 Å². The van der Waals surface area contributed by atoms with Gasteiger partial charge in [-0.15, -0.1) is 0 Å². The Bertz CT molecular complexity index is 3500. The predicted molar refractivity (Wildman–Crippen MR) is 270 cm³/mol. The van der Waals surface area contributed by atoms with Crippen molar-refractivity contribution in [1.29, 1.82) is 0 Å². The first-order valence-corrected chi connectivity index (χ1v) is 23.8. The van der Waals surface area contributed by atoms with Gasteiger partial charge in [-0.2, -0.15) is 0 Å². The summed E-state index contributed by atoms with van der Waals surface area (Å²) in [5, 5.41) is 10.4. The van der Waals surface area contributed by atoms with Crippen LogP contribution in [0.3, 0.4) is 0 Å². The van der Waals surface area contributed by atoms with Crippen molar-refractivity contribution in [2.75, 3.05) is 0 Å². The predicted octanol–water partition coefficient (Wildman–Crippen LogP) is 12.6. The van der Waals surface area contributed by atoms with E-state index < -0.39 is 8.07 Å². The van der Waals surface area contributed by atoms with Gasteiger partial charge < -0.3 is 9.13 Å². The van der Waals surface area contributed by atoms with Crippen LogP contribution in [0, 0.1) is 0 Å². The smallest absolute Gasteiger partial charge is 0.179 e. The lowest BCUT2D eigenvalue weighted by atomic mass is 9.99. The molecule has 0 fully saturated rings. The highest BCUT2D eigenvalue weighted by atomic mass is 28.3. The fourth-order valence-electron chi connectivity index (χ4n) is 10.4. The Hall–Kier alpha value is -7.98. The van der Waals surface area contributed by atoms with Crippen LogP contribution in [0.2, 0.25) is 0 Å². The third kappa shape index (κ3) is 5.85. The minimum atomic E-state index is -2.84. The zero-order valence-electron chi connectivity index (χ0n) is 34.6. The zero-order chi connectivity index (χ0) is 41.7. The first kappa shape index (κ1) is 36.8. The molecule has 0 spiro atoms. The summed E-state index contributed by atoms with van der Waals surface area (Å²) in [5.74, 6) is 0. The quantitative estimate of drug-likeness (QED) is 0.107. The summed E-state index contributed by atoms with van der Waals surface area (Å²) in [6.07, 6.45) is 0. The Labute approximate surface area is 368 Å². The lowest BCUT2D eigenvalue weighted by Crippen LogP contribution is -2.74. The van der Waals surface area contributed by atoms with Crippen LogP contribution in [-0.4, -0.2) is 17.2 Å². The summed E-state index contributed by atoms with van der Waals surface area (Å²) in [4.78, 5) is 0.